The number of pyridine rings is 1. The third-order valence-electron chi connectivity index (χ3n) is 2.27. The number of benzene rings is 1. The zero-order valence-corrected chi connectivity index (χ0v) is 11.9. The van der Waals surface area contributed by atoms with Crippen molar-refractivity contribution in [1.29, 1.82) is 0 Å². The van der Waals surface area contributed by atoms with Gasteiger partial charge in [0.05, 0.1) is 10.6 Å². The third kappa shape index (κ3) is 3.65. The summed E-state index contributed by atoms with van der Waals surface area (Å²) >= 11 is 9.00. The fraction of sp³-hybridized carbons (Fsp3) is 0.0833. The van der Waals surface area contributed by atoms with Crippen LogP contribution in [0.2, 0.25) is 5.02 Å². The van der Waals surface area contributed by atoms with Crippen LogP contribution < -0.4 is 4.74 Å². The zero-order chi connectivity index (χ0) is 13.8. The number of hydrogen-bond donors (Lipinski definition) is 0. The van der Waals surface area contributed by atoms with E-state index in [0.29, 0.717) is 15.2 Å². The first-order valence-corrected chi connectivity index (χ1v) is 6.40. The molecule has 1 aromatic carbocycles. The summed E-state index contributed by atoms with van der Waals surface area (Å²) in [7, 11) is 0. The molecule has 19 heavy (non-hydrogen) atoms. The molecular formula is C12H8BrClN2O3. The van der Waals surface area contributed by atoms with Crippen LogP contribution in [-0.2, 0) is 6.61 Å². The molecule has 7 heteroatoms. The van der Waals surface area contributed by atoms with Crippen LogP contribution in [0.25, 0.3) is 0 Å². The number of ether oxygens (including phenoxy) is 1. The van der Waals surface area contributed by atoms with E-state index in [2.05, 4.69) is 20.9 Å². The Morgan fingerprint density at radius 3 is 2.84 bits per heavy atom. The number of aromatic nitrogens is 1. The van der Waals surface area contributed by atoms with E-state index in [1.165, 1.54) is 12.1 Å². The number of nitro groups is 1. The van der Waals surface area contributed by atoms with Crippen molar-refractivity contribution >= 4 is 33.2 Å². The van der Waals surface area contributed by atoms with E-state index < -0.39 is 4.92 Å². The van der Waals surface area contributed by atoms with Gasteiger partial charge in [0.1, 0.15) is 6.61 Å². The minimum absolute atomic E-state index is 0.101. The van der Waals surface area contributed by atoms with Crippen LogP contribution in [0.5, 0.6) is 5.75 Å². The second kappa shape index (κ2) is 5.99. The van der Waals surface area contributed by atoms with Crippen LogP contribution in [-0.4, -0.2) is 9.91 Å². The van der Waals surface area contributed by atoms with Gasteiger partial charge in [0.2, 0.25) is 0 Å². The van der Waals surface area contributed by atoms with Crippen LogP contribution in [0.1, 0.15) is 5.69 Å². The summed E-state index contributed by atoms with van der Waals surface area (Å²) in [5.74, 6) is 0.190. The summed E-state index contributed by atoms with van der Waals surface area (Å²) in [6, 6.07) is 7.89. The SMILES string of the molecule is O=[N+]([O-])c1cc(Br)ccc1OCc1cc(Cl)ccn1. The van der Waals surface area contributed by atoms with Gasteiger partial charge in [-0.25, -0.2) is 0 Å². The molecule has 2 rings (SSSR count). The summed E-state index contributed by atoms with van der Waals surface area (Å²) in [5, 5.41) is 11.4. The fourth-order valence-electron chi connectivity index (χ4n) is 1.43. The third-order valence-corrected chi connectivity index (χ3v) is 3.00. The molecule has 5 nitrogen and oxygen atoms in total. The highest BCUT2D eigenvalue weighted by Crippen LogP contribution is 2.30. The lowest BCUT2D eigenvalue weighted by atomic mass is 10.3. The van der Waals surface area contributed by atoms with E-state index >= 15 is 0 Å². The molecule has 0 N–H and O–H groups in total. The quantitative estimate of drug-likeness (QED) is 0.622. The lowest BCUT2D eigenvalue weighted by Crippen LogP contribution is -2.00. The molecule has 0 aliphatic heterocycles. The van der Waals surface area contributed by atoms with Crippen LogP contribution in [0.15, 0.2) is 41.0 Å². The highest BCUT2D eigenvalue weighted by Gasteiger charge is 2.15. The maximum Gasteiger partial charge on any atom is 0.312 e. The van der Waals surface area contributed by atoms with E-state index in [0.717, 1.165) is 0 Å². The predicted octanol–water partition coefficient (Wildman–Crippen LogP) is 3.98. The molecule has 1 aromatic heterocycles. The van der Waals surface area contributed by atoms with Gasteiger partial charge in [-0.05, 0) is 24.3 Å². The molecule has 1 heterocycles. The Balaban J connectivity index is 2.17. The Kier molecular flexibility index (Phi) is 4.34. The molecule has 0 radical (unpaired) electrons. The van der Waals surface area contributed by atoms with Gasteiger partial charge in [-0.3, -0.25) is 15.1 Å². The molecule has 0 saturated carbocycles. The monoisotopic (exact) mass is 342 g/mol. The first-order valence-electron chi connectivity index (χ1n) is 5.23. The molecule has 0 fully saturated rings. The normalized spacial score (nSPS) is 10.2. The van der Waals surface area contributed by atoms with Crippen LogP contribution >= 0.6 is 27.5 Å². The maximum absolute atomic E-state index is 10.9. The Morgan fingerprint density at radius 1 is 1.37 bits per heavy atom. The Morgan fingerprint density at radius 2 is 2.16 bits per heavy atom. The Labute approximate surface area is 122 Å². The summed E-state index contributed by atoms with van der Waals surface area (Å²) in [6.45, 7) is 0.114. The second-order valence-corrected chi connectivity index (χ2v) is 4.98. The molecule has 0 aliphatic carbocycles. The van der Waals surface area contributed by atoms with Crippen LogP contribution in [0.4, 0.5) is 5.69 Å². The van der Waals surface area contributed by atoms with Gasteiger partial charge in [-0.2, -0.15) is 0 Å². The molecule has 0 aliphatic rings. The number of nitro benzene ring substituents is 1. The molecule has 0 unspecified atom stereocenters. The first-order chi connectivity index (χ1) is 9.06. The molecule has 2 aromatic rings. The molecule has 0 bridgehead atoms. The zero-order valence-electron chi connectivity index (χ0n) is 9.55. The van der Waals surface area contributed by atoms with Crippen molar-refractivity contribution < 1.29 is 9.66 Å². The topological polar surface area (TPSA) is 65.3 Å². The molecule has 98 valence electrons. The highest BCUT2D eigenvalue weighted by atomic mass is 79.9. The number of halogens is 2. The molecule has 0 spiro atoms. The van der Waals surface area contributed by atoms with Gasteiger partial charge in [0, 0.05) is 21.8 Å². The minimum Gasteiger partial charge on any atom is -0.480 e. The van der Waals surface area contributed by atoms with Crippen molar-refractivity contribution in [3.8, 4) is 5.75 Å². The summed E-state index contributed by atoms with van der Waals surface area (Å²) in [4.78, 5) is 14.5. The van der Waals surface area contributed by atoms with Crippen molar-refractivity contribution in [2.24, 2.45) is 0 Å². The number of hydrogen-bond acceptors (Lipinski definition) is 4. The van der Waals surface area contributed by atoms with E-state index in [9.17, 15) is 10.1 Å². The van der Waals surface area contributed by atoms with E-state index in [1.807, 2.05) is 0 Å². The smallest absolute Gasteiger partial charge is 0.312 e. The van der Waals surface area contributed by atoms with Crippen molar-refractivity contribution in [2.45, 2.75) is 6.61 Å². The highest BCUT2D eigenvalue weighted by molar-refractivity contribution is 9.10. The molecule has 0 saturated heterocycles. The average molecular weight is 344 g/mol. The van der Waals surface area contributed by atoms with Gasteiger partial charge in [-0.1, -0.05) is 27.5 Å². The van der Waals surface area contributed by atoms with Gasteiger partial charge in [-0.15, -0.1) is 0 Å². The summed E-state index contributed by atoms with van der Waals surface area (Å²) in [6.07, 6.45) is 1.55. The number of rotatable bonds is 4. The largest absolute Gasteiger partial charge is 0.480 e. The van der Waals surface area contributed by atoms with E-state index in [1.54, 1.807) is 24.4 Å². The molecule has 0 amide bonds. The van der Waals surface area contributed by atoms with Gasteiger partial charge >= 0.3 is 5.69 Å². The maximum atomic E-state index is 10.9. The van der Waals surface area contributed by atoms with Gasteiger partial charge < -0.3 is 4.74 Å². The Bertz CT molecular complexity index is 622. The standard InChI is InChI=1S/C12H8BrClN2O3/c13-8-1-2-12(11(5-8)16(17)18)19-7-10-6-9(14)3-4-15-10/h1-6H,7H2. The van der Waals surface area contributed by atoms with Gasteiger partial charge in [0.25, 0.3) is 0 Å². The summed E-state index contributed by atoms with van der Waals surface area (Å²) < 4.78 is 6.03. The molecular weight excluding hydrogens is 336 g/mol. The predicted molar refractivity (Wildman–Crippen MR) is 74.4 cm³/mol. The van der Waals surface area contributed by atoms with Crippen molar-refractivity contribution in [2.75, 3.05) is 0 Å². The van der Waals surface area contributed by atoms with Crippen molar-refractivity contribution in [3.63, 3.8) is 0 Å². The average Bonchev–Trinajstić information content (AvgIpc) is 2.37. The molecule has 0 atom stereocenters. The van der Waals surface area contributed by atoms with Crippen molar-refractivity contribution in [3.05, 3.63) is 61.8 Å². The Hall–Kier alpha value is -1.66. The lowest BCUT2D eigenvalue weighted by molar-refractivity contribution is -0.386. The van der Waals surface area contributed by atoms with Crippen LogP contribution in [0, 0.1) is 10.1 Å². The van der Waals surface area contributed by atoms with Crippen molar-refractivity contribution in [1.82, 2.24) is 4.98 Å². The first kappa shape index (κ1) is 13.8. The lowest BCUT2D eigenvalue weighted by Gasteiger charge is -2.06. The second-order valence-electron chi connectivity index (χ2n) is 3.62. The summed E-state index contributed by atoms with van der Waals surface area (Å²) in [5.41, 5.74) is 0.501. The minimum atomic E-state index is -0.495. The fourth-order valence-corrected chi connectivity index (χ4v) is 1.97. The van der Waals surface area contributed by atoms with E-state index in [4.69, 9.17) is 16.3 Å². The number of nitrogens with zero attached hydrogens (tertiary/aromatic N) is 2. The van der Waals surface area contributed by atoms with Crippen LogP contribution in [0.3, 0.4) is 0 Å². The van der Waals surface area contributed by atoms with E-state index in [-0.39, 0.29) is 18.0 Å². The van der Waals surface area contributed by atoms with Gasteiger partial charge in [0.15, 0.2) is 5.75 Å².